The summed E-state index contributed by atoms with van der Waals surface area (Å²) in [5, 5.41) is 18.8. The molecule has 6 nitrogen and oxygen atoms in total. The van der Waals surface area contributed by atoms with Crippen molar-refractivity contribution in [3.8, 4) is 0 Å². The van der Waals surface area contributed by atoms with Crippen LogP contribution in [0.2, 0.25) is 0 Å². The molecule has 0 aromatic heterocycles. The first kappa shape index (κ1) is 12.8. The molecule has 2 rings (SSSR count). The van der Waals surface area contributed by atoms with Gasteiger partial charge in [-0.2, -0.15) is 0 Å². The zero-order valence-electron chi connectivity index (χ0n) is 10.2. The van der Waals surface area contributed by atoms with Crippen molar-refractivity contribution in [2.24, 2.45) is 0 Å². The van der Waals surface area contributed by atoms with Crippen molar-refractivity contribution in [2.75, 3.05) is 52.9 Å². The van der Waals surface area contributed by atoms with Crippen LogP contribution in [-0.2, 0) is 4.79 Å². The lowest BCUT2D eigenvalue weighted by molar-refractivity contribution is -0.133. The summed E-state index contributed by atoms with van der Waals surface area (Å²) in [6.07, 6.45) is -1.43. The first-order valence-electron chi connectivity index (χ1n) is 6.11. The van der Waals surface area contributed by atoms with Gasteiger partial charge >= 0.3 is 0 Å². The van der Waals surface area contributed by atoms with Gasteiger partial charge in [0.1, 0.15) is 0 Å². The van der Waals surface area contributed by atoms with E-state index in [1.54, 1.807) is 0 Å². The molecule has 0 spiro atoms. The second-order valence-corrected chi connectivity index (χ2v) is 5.01. The summed E-state index contributed by atoms with van der Waals surface area (Å²) in [4.78, 5) is 17.9. The maximum absolute atomic E-state index is 12.0. The van der Waals surface area contributed by atoms with Gasteiger partial charge in [0.25, 0.3) is 0 Å². The summed E-state index contributed by atoms with van der Waals surface area (Å²) >= 11 is 0. The Morgan fingerprint density at radius 1 is 1.12 bits per heavy atom. The zero-order valence-corrected chi connectivity index (χ0v) is 10.2. The normalized spacial score (nSPS) is 32.1. The minimum Gasteiger partial charge on any atom is -0.389 e. The minimum atomic E-state index is -0.713. The van der Waals surface area contributed by atoms with Crippen molar-refractivity contribution in [1.29, 1.82) is 0 Å². The van der Waals surface area contributed by atoms with Crippen LogP contribution in [0.3, 0.4) is 0 Å². The molecule has 2 unspecified atom stereocenters. The molecule has 2 aliphatic heterocycles. The van der Waals surface area contributed by atoms with Gasteiger partial charge in [0.15, 0.2) is 0 Å². The first-order valence-corrected chi connectivity index (χ1v) is 6.11. The highest BCUT2D eigenvalue weighted by molar-refractivity contribution is 5.78. The Morgan fingerprint density at radius 2 is 1.65 bits per heavy atom. The molecule has 0 radical (unpaired) electrons. The molecule has 6 heteroatoms. The van der Waals surface area contributed by atoms with E-state index in [0.29, 0.717) is 19.6 Å². The average Bonchev–Trinajstić information content (AvgIpc) is 2.58. The molecule has 98 valence electrons. The van der Waals surface area contributed by atoms with Crippen molar-refractivity contribution in [3.63, 3.8) is 0 Å². The predicted molar refractivity (Wildman–Crippen MR) is 62.5 cm³/mol. The highest BCUT2D eigenvalue weighted by Gasteiger charge is 2.31. The van der Waals surface area contributed by atoms with Crippen LogP contribution in [-0.4, -0.2) is 95.9 Å². The number of likely N-dealkylation sites (tertiary alicyclic amines) is 1. The standard InChI is InChI=1S/C11H21N3O3/c1-12-2-4-14(5-3-12)11(17)8-13-6-9(15)10(16)7-13/h9-10,15-16H,2-8H2,1H3. The van der Waals surface area contributed by atoms with Crippen LogP contribution in [0.1, 0.15) is 0 Å². The molecular formula is C11H21N3O3. The van der Waals surface area contributed by atoms with E-state index in [1.165, 1.54) is 0 Å². The van der Waals surface area contributed by atoms with E-state index in [9.17, 15) is 15.0 Å². The van der Waals surface area contributed by atoms with Crippen molar-refractivity contribution in [1.82, 2.24) is 14.7 Å². The van der Waals surface area contributed by atoms with Crippen LogP contribution in [0.5, 0.6) is 0 Å². The van der Waals surface area contributed by atoms with Gasteiger partial charge in [0, 0.05) is 39.3 Å². The summed E-state index contributed by atoms with van der Waals surface area (Å²) in [6, 6.07) is 0. The average molecular weight is 243 g/mol. The third kappa shape index (κ3) is 3.16. The number of amides is 1. The third-order valence-corrected chi connectivity index (χ3v) is 3.55. The Balaban J connectivity index is 1.78. The maximum Gasteiger partial charge on any atom is 0.236 e. The lowest BCUT2D eigenvalue weighted by Crippen LogP contribution is -2.50. The van der Waals surface area contributed by atoms with E-state index in [0.717, 1.165) is 26.2 Å². The highest BCUT2D eigenvalue weighted by atomic mass is 16.3. The number of rotatable bonds is 2. The highest BCUT2D eigenvalue weighted by Crippen LogP contribution is 2.10. The van der Waals surface area contributed by atoms with E-state index in [1.807, 2.05) is 9.80 Å². The topological polar surface area (TPSA) is 67.2 Å². The van der Waals surface area contributed by atoms with Gasteiger partial charge in [-0.15, -0.1) is 0 Å². The van der Waals surface area contributed by atoms with Gasteiger partial charge in [-0.1, -0.05) is 0 Å². The van der Waals surface area contributed by atoms with Crippen LogP contribution in [0.15, 0.2) is 0 Å². The minimum absolute atomic E-state index is 0.0967. The van der Waals surface area contributed by atoms with Crippen LogP contribution in [0.4, 0.5) is 0 Å². The monoisotopic (exact) mass is 243 g/mol. The van der Waals surface area contributed by atoms with Gasteiger partial charge in [0.05, 0.1) is 18.8 Å². The van der Waals surface area contributed by atoms with E-state index < -0.39 is 12.2 Å². The third-order valence-electron chi connectivity index (χ3n) is 3.55. The Labute approximate surface area is 101 Å². The molecule has 2 heterocycles. The van der Waals surface area contributed by atoms with Crippen molar-refractivity contribution < 1.29 is 15.0 Å². The summed E-state index contributed by atoms with van der Waals surface area (Å²) in [5.41, 5.74) is 0. The SMILES string of the molecule is CN1CCN(C(=O)CN2CC(O)C(O)C2)CC1. The lowest BCUT2D eigenvalue weighted by Gasteiger charge is -2.33. The number of piperazine rings is 1. The molecule has 2 atom stereocenters. The number of carbonyl (C=O) groups is 1. The number of carbonyl (C=O) groups excluding carboxylic acids is 1. The van der Waals surface area contributed by atoms with Crippen molar-refractivity contribution >= 4 is 5.91 Å². The fourth-order valence-electron chi connectivity index (χ4n) is 2.32. The molecule has 0 saturated carbocycles. The van der Waals surface area contributed by atoms with E-state index in [2.05, 4.69) is 11.9 Å². The van der Waals surface area contributed by atoms with Gasteiger partial charge in [-0.05, 0) is 7.05 Å². The van der Waals surface area contributed by atoms with E-state index in [-0.39, 0.29) is 5.91 Å². The van der Waals surface area contributed by atoms with Gasteiger partial charge in [-0.3, -0.25) is 9.69 Å². The predicted octanol–water partition coefficient (Wildman–Crippen LogP) is -2.20. The number of β-amino-alcohol motifs (C(OH)–C–C–N with tert-alkyl or cyclic N) is 2. The number of nitrogens with zero attached hydrogens (tertiary/aromatic N) is 3. The molecule has 17 heavy (non-hydrogen) atoms. The smallest absolute Gasteiger partial charge is 0.236 e. The number of aliphatic hydroxyl groups is 2. The molecule has 0 aromatic carbocycles. The van der Waals surface area contributed by atoms with E-state index >= 15 is 0 Å². The molecule has 0 bridgehead atoms. The Bertz CT molecular complexity index is 269. The number of hydrogen-bond acceptors (Lipinski definition) is 5. The molecule has 2 aliphatic rings. The number of aliphatic hydroxyl groups excluding tert-OH is 2. The van der Waals surface area contributed by atoms with Crippen molar-refractivity contribution in [2.45, 2.75) is 12.2 Å². The second kappa shape index (κ2) is 5.30. The second-order valence-electron chi connectivity index (χ2n) is 5.01. The van der Waals surface area contributed by atoms with Gasteiger partial charge in [0.2, 0.25) is 5.91 Å². The number of hydrogen-bond donors (Lipinski definition) is 2. The molecule has 2 fully saturated rings. The zero-order chi connectivity index (χ0) is 12.4. The molecular weight excluding hydrogens is 222 g/mol. The quantitative estimate of drug-likeness (QED) is 0.576. The first-order chi connectivity index (χ1) is 8.06. The maximum atomic E-state index is 12.0. The molecule has 2 saturated heterocycles. The van der Waals surface area contributed by atoms with Crippen LogP contribution < -0.4 is 0 Å². The Kier molecular flexibility index (Phi) is 3.98. The van der Waals surface area contributed by atoms with Crippen LogP contribution in [0.25, 0.3) is 0 Å². The fraction of sp³-hybridized carbons (Fsp3) is 0.909. The fourth-order valence-corrected chi connectivity index (χ4v) is 2.32. The Hall–Kier alpha value is -0.690. The number of likely N-dealkylation sites (N-methyl/N-ethyl adjacent to an activating group) is 1. The lowest BCUT2D eigenvalue weighted by atomic mass is 10.3. The summed E-state index contributed by atoms with van der Waals surface area (Å²) < 4.78 is 0. The summed E-state index contributed by atoms with van der Waals surface area (Å²) in [6.45, 7) is 4.45. The molecule has 2 N–H and O–H groups in total. The Morgan fingerprint density at radius 3 is 2.18 bits per heavy atom. The van der Waals surface area contributed by atoms with Crippen LogP contribution >= 0.6 is 0 Å². The molecule has 0 aliphatic carbocycles. The van der Waals surface area contributed by atoms with Crippen molar-refractivity contribution in [3.05, 3.63) is 0 Å². The molecule has 0 aromatic rings. The summed E-state index contributed by atoms with van der Waals surface area (Å²) in [7, 11) is 2.05. The van der Waals surface area contributed by atoms with Gasteiger partial charge in [-0.25, -0.2) is 0 Å². The van der Waals surface area contributed by atoms with Gasteiger partial charge < -0.3 is 20.0 Å². The molecule has 1 amide bonds. The van der Waals surface area contributed by atoms with Crippen LogP contribution in [0, 0.1) is 0 Å². The van der Waals surface area contributed by atoms with E-state index in [4.69, 9.17) is 0 Å². The largest absolute Gasteiger partial charge is 0.389 e. The summed E-state index contributed by atoms with van der Waals surface area (Å²) in [5.74, 6) is 0.0967.